The van der Waals surface area contributed by atoms with Crippen molar-refractivity contribution in [3.8, 4) is 6.07 Å². The maximum atomic E-state index is 11.7. The Morgan fingerprint density at radius 3 is 2.53 bits per heavy atom. The number of carbonyl (C=O) groups is 1. The molecule has 0 aliphatic heterocycles. The third-order valence-corrected chi connectivity index (χ3v) is 3.47. The summed E-state index contributed by atoms with van der Waals surface area (Å²) in [7, 11) is -3.52. The van der Waals surface area contributed by atoms with Crippen molar-refractivity contribution in [1.29, 1.82) is 5.26 Å². The third-order valence-electron chi connectivity index (χ3n) is 2.11. The molecule has 0 aliphatic rings. The number of nitrogens with two attached hydrogens (primary N) is 1. The number of nitrogens with one attached hydrogen (secondary N) is 1. The largest absolute Gasteiger partial charge is 0.448 e. The smallest absolute Gasteiger partial charge is 0.404 e. The van der Waals surface area contributed by atoms with Crippen molar-refractivity contribution in [2.45, 2.75) is 5.75 Å². The van der Waals surface area contributed by atoms with E-state index in [-0.39, 0.29) is 18.9 Å². The molecule has 1 rings (SSSR count). The molecule has 0 aromatic heterocycles. The molecule has 102 valence electrons. The van der Waals surface area contributed by atoms with Crippen LogP contribution in [-0.4, -0.2) is 27.7 Å². The van der Waals surface area contributed by atoms with Gasteiger partial charge in [-0.3, -0.25) is 0 Å². The van der Waals surface area contributed by atoms with Crippen LogP contribution in [0.3, 0.4) is 0 Å². The minimum atomic E-state index is -3.52. The van der Waals surface area contributed by atoms with Gasteiger partial charge in [0.15, 0.2) is 0 Å². The first-order valence-electron chi connectivity index (χ1n) is 5.31. The van der Waals surface area contributed by atoms with Crippen molar-refractivity contribution in [2.24, 2.45) is 5.73 Å². The van der Waals surface area contributed by atoms with Gasteiger partial charge in [0.25, 0.3) is 0 Å². The fourth-order valence-corrected chi connectivity index (χ4v) is 2.42. The highest BCUT2D eigenvalue weighted by atomic mass is 32.2. The molecule has 0 unspecified atom stereocenters. The summed E-state index contributed by atoms with van der Waals surface area (Å²) in [6.07, 6.45) is -0.953. The fourth-order valence-electron chi connectivity index (χ4n) is 1.29. The zero-order valence-electron chi connectivity index (χ0n) is 10.00. The Morgan fingerprint density at radius 2 is 2.00 bits per heavy atom. The van der Waals surface area contributed by atoms with Gasteiger partial charge in [0.1, 0.15) is 6.61 Å². The second-order valence-corrected chi connectivity index (χ2v) is 5.44. The molecule has 7 nitrogen and oxygen atoms in total. The number of hydrogen-bond acceptors (Lipinski definition) is 5. The molecule has 0 bridgehead atoms. The van der Waals surface area contributed by atoms with E-state index in [1.807, 2.05) is 6.07 Å². The first-order chi connectivity index (χ1) is 8.93. The lowest BCUT2D eigenvalue weighted by Gasteiger charge is -2.06. The summed E-state index contributed by atoms with van der Waals surface area (Å²) in [5, 5.41) is 8.62. The van der Waals surface area contributed by atoms with Crippen molar-refractivity contribution in [3.05, 3.63) is 35.4 Å². The zero-order valence-corrected chi connectivity index (χ0v) is 10.8. The molecular formula is C11H13N3O4S. The Balaban J connectivity index is 2.49. The predicted octanol–water partition coefficient (Wildman–Crippen LogP) is 0.0730. The van der Waals surface area contributed by atoms with Crippen LogP contribution in [0.5, 0.6) is 0 Å². The van der Waals surface area contributed by atoms with Crippen molar-refractivity contribution in [1.82, 2.24) is 4.72 Å². The number of amides is 1. The van der Waals surface area contributed by atoms with Gasteiger partial charge in [-0.2, -0.15) is 5.26 Å². The minimum absolute atomic E-state index is 0.0401. The normalized spacial score (nSPS) is 10.7. The Labute approximate surface area is 111 Å². The standard InChI is InChI=1S/C11H13N3O4S/c12-7-9-1-3-10(4-2-9)8-19(16,17)14-5-6-18-11(13)15/h1-4,14H,5-6,8H2,(H2,13,15). The molecule has 0 radical (unpaired) electrons. The molecular weight excluding hydrogens is 270 g/mol. The van der Waals surface area contributed by atoms with Crippen molar-refractivity contribution < 1.29 is 17.9 Å². The van der Waals surface area contributed by atoms with Crippen LogP contribution in [0.2, 0.25) is 0 Å². The molecule has 0 saturated carbocycles. The number of benzene rings is 1. The van der Waals surface area contributed by atoms with Crippen LogP contribution >= 0.6 is 0 Å². The molecule has 0 saturated heterocycles. The second kappa shape index (κ2) is 6.72. The first kappa shape index (κ1) is 14.9. The van der Waals surface area contributed by atoms with E-state index in [0.717, 1.165) is 0 Å². The summed E-state index contributed by atoms with van der Waals surface area (Å²) in [5.41, 5.74) is 5.75. The zero-order chi connectivity index (χ0) is 14.3. The van der Waals surface area contributed by atoms with Gasteiger partial charge in [-0.25, -0.2) is 17.9 Å². The lowest BCUT2D eigenvalue weighted by atomic mass is 10.2. The van der Waals surface area contributed by atoms with Gasteiger partial charge in [0.05, 0.1) is 17.4 Å². The third kappa shape index (κ3) is 5.85. The Morgan fingerprint density at radius 1 is 1.37 bits per heavy atom. The number of rotatable bonds is 6. The summed E-state index contributed by atoms with van der Waals surface area (Å²) < 4.78 is 30.0. The minimum Gasteiger partial charge on any atom is -0.448 e. The molecule has 1 aromatic rings. The summed E-state index contributed by atoms with van der Waals surface area (Å²) in [6.45, 7) is -0.163. The van der Waals surface area contributed by atoms with Crippen LogP contribution in [-0.2, 0) is 20.5 Å². The van der Waals surface area contributed by atoms with Crippen molar-refractivity contribution in [3.63, 3.8) is 0 Å². The van der Waals surface area contributed by atoms with E-state index in [1.165, 1.54) is 0 Å². The number of carbonyl (C=O) groups excluding carboxylic acids is 1. The average Bonchev–Trinajstić information content (AvgIpc) is 2.35. The molecule has 3 N–H and O–H groups in total. The molecule has 0 heterocycles. The Hall–Kier alpha value is -2.11. The quantitative estimate of drug-likeness (QED) is 0.715. The van der Waals surface area contributed by atoms with Gasteiger partial charge < -0.3 is 10.5 Å². The maximum absolute atomic E-state index is 11.7. The Bertz CT molecular complexity index is 575. The van der Waals surface area contributed by atoms with E-state index >= 15 is 0 Å². The van der Waals surface area contributed by atoms with E-state index in [0.29, 0.717) is 11.1 Å². The van der Waals surface area contributed by atoms with Crippen LogP contribution < -0.4 is 10.5 Å². The molecule has 19 heavy (non-hydrogen) atoms. The SMILES string of the molecule is N#Cc1ccc(CS(=O)(=O)NCCOC(N)=O)cc1. The summed E-state index contributed by atoms with van der Waals surface area (Å²) in [6, 6.07) is 8.16. The van der Waals surface area contributed by atoms with Crippen molar-refractivity contribution in [2.75, 3.05) is 13.2 Å². The lowest BCUT2D eigenvalue weighted by Crippen LogP contribution is -2.30. The van der Waals surface area contributed by atoms with Crippen LogP contribution in [0, 0.1) is 11.3 Å². The van der Waals surface area contributed by atoms with Gasteiger partial charge >= 0.3 is 6.09 Å². The highest BCUT2D eigenvalue weighted by molar-refractivity contribution is 7.88. The van der Waals surface area contributed by atoms with E-state index in [4.69, 9.17) is 11.0 Å². The summed E-state index contributed by atoms with van der Waals surface area (Å²) in [4.78, 5) is 10.3. The van der Waals surface area contributed by atoms with Gasteiger partial charge in [-0.1, -0.05) is 12.1 Å². The number of nitrogens with zero attached hydrogens (tertiary/aromatic N) is 1. The maximum Gasteiger partial charge on any atom is 0.404 e. The van der Waals surface area contributed by atoms with Crippen LogP contribution in [0.15, 0.2) is 24.3 Å². The monoisotopic (exact) mass is 283 g/mol. The summed E-state index contributed by atoms with van der Waals surface area (Å²) in [5.74, 6) is -0.213. The van der Waals surface area contributed by atoms with Crippen LogP contribution in [0.1, 0.15) is 11.1 Å². The van der Waals surface area contributed by atoms with Crippen LogP contribution in [0.25, 0.3) is 0 Å². The summed E-state index contributed by atoms with van der Waals surface area (Å²) >= 11 is 0. The molecule has 0 fully saturated rings. The molecule has 1 amide bonds. The van der Waals surface area contributed by atoms with Gasteiger partial charge in [-0.15, -0.1) is 0 Å². The molecule has 1 aromatic carbocycles. The average molecular weight is 283 g/mol. The first-order valence-corrected chi connectivity index (χ1v) is 6.97. The lowest BCUT2D eigenvalue weighted by molar-refractivity contribution is 0.159. The van der Waals surface area contributed by atoms with Crippen LogP contribution in [0.4, 0.5) is 4.79 Å². The number of nitriles is 1. The number of ether oxygens (including phenoxy) is 1. The predicted molar refractivity (Wildman–Crippen MR) is 67.3 cm³/mol. The number of sulfonamides is 1. The highest BCUT2D eigenvalue weighted by Crippen LogP contribution is 2.06. The Kier molecular flexibility index (Phi) is 5.29. The molecule has 0 aliphatic carbocycles. The van der Waals surface area contributed by atoms with Gasteiger partial charge in [0, 0.05) is 6.54 Å². The fraction of sp³-hybridized carbons (Fsp3) is 0.273. The van der Waals surface area contributed by atoms with Crippen molar-refractivity contribution >= 4 is 16.1 Å². The van der Waals surface area contributed by atoms with E-state index < -0.39 is 16.1 Å². The van der Waals surface area contributed by atoms with E-state index in [2.05, 4.69) is 9.46 Å². The molecule has 0 atom stereocenters. The van der Waals surface area contributed by atoms with Gasteiger partial charge in [0.2, 0.25) is 10.0 Å². The van der Waals surface area contributed by atoms with E-state index in [9.17, 15) is 13.2 Å². The number of hydrogen-bond donors (Lipinski definition) is 2. The second-order valence-electron chi connectivity index (χ2n) is 3.63. The van der Waals surface area contributed by atoms with E-state index in [1.54, 1.807) is 24.3 Å². The highest BCUT2D eigenvalue weighted by Gasteiger charge is 2.11. The number of primary amides is 1. The molecule has 0 spiro atoms. The van der Waals surface area contributed by atoms with Gasteiger partial charge in [-0.05, 0) is 17.7 Å². The molecule has 8 heteroatoms. The topological polar surface area (TPSA) is 122 Å².